The van der Waals surface area contributed by atoms with Crippen molar-refractivity contribution < 1.29 is 27.4 Å². The maximum Gasteiger partial charge on any atom is 0.573 e. The highest BCUT2D eigenvalue weighted by molar-refractivity contribution is 5.82. The number of rotatable bonds is 7. The maximum absolute atomic E-state index is 13.0. The van der Waals surface area contributed by atoms with Gasteiger partial charge in [0.15, 0.2) is 5.75 Å². The van der Waals surface area contributed by atoms with Gasteiger partial charge in [-0.2, -0.15) is 0 Å². The minimum Gasteiger partial charge on any atom is -0.474 e. The van der Waals surface area contributed by atoms with Gasteiger partial charge in [0.1, 0.15) is 6.61 Å². The molecule has 2 heterocycles. The van der Waals surface area contributed by atoms with Gasteiger partial charge in [-0.1, -0.05) is 30.3 Å². The van der Waals surface area contributed by atoms with Gasteiger partial charge in [0, 0.05) is 24.7 Å². The fourth-order valence-electron chi connectivity index (χ4n) is 3.45. The Hall–Kier alpha value is -2.81. The molecule has 2 atom stereocenters. The lowest BCUT2D eigenvalue weighted by atomic mass is 9.85. The van der Waals surface area contributed by atoms with E-state index in [9.17, 15) is 18.0 Å². The van der Waals surface area contributed by atoms with E-state index in [0.29, 0.717) is 0 Å². The normalized spacial score (nSPS) is 19.5. The molecule has 0 saturated carbocycles. The molecule has 1 aliphatic rings. The van der Waals surface area contributed by atoms with Crippen molar-refractivity contribution in [1.82, 2.24) is 15.6 Å². The second-order valence-electron chi connectivity index (χ2n) is 8.12. The Labute approximate surface area is 179 Å². The molecule has 1 amide bonds. The first kappa shape index (κ1) is 22.9. The van der Waals surface area contributed by atoms with Gasteiger partial charge < -0.3 is 20.1 Å². The smallest absolute Gasteiger partial charge is 0.474 e. The highest BCUT2D eigenvalue weighted by Crippen LogP contribution is 2.31. The number of amides is 1. The molecule has 31 heavy (non-hydrogen) atoms. The van der Waals surface area contributed by atoms with Crippen LogP contribution in [-0.2, 0) is 4.79 Å². The van der Waals surface area contributed by atoms with Crippen LogP contribution in [0.4, 0.5) is 13.2 Å². The van der Waals surface area contributed by atoms with E-state index in [2.05, 4.69) is 20.4 Å². The van der Waals surface area contributed by atoms with Crippen LogP contribution in [0.25, 0.3) is 0 Å². The van der Waals surface area contributed by atoms with Crippen LogP contribution in [0.3, 0.4) is 0 Å². The zero-order valence-corrected chi connectivity index (χ0v) is 17.4. The number of hydrogen-bond acceptors (Lipinski definition) is 5. The first-order valence-corrected chi connectivity index (χ1v) is 10.1. The molecule has 1 aromatic heterocycles. The largest absolute Gasteiger partial charge is 0.573 e. The molecule has 0 radical (unpaired) electrons. The Morgan fingerprint density at radius 1 is 1.19 bits per heavy atom. The SMILES string of the molecule is CC(C)(COc1ncccc1OC(F)(F)F)C(=O)N[C@@H]1CCNC[C@H]1c1ccccc1. The van der Waals surface area contributed by atoms with Gasteiger partial charge in [0.05, 0.1) is 5.41 Å². The number of ether oxygens (including phenoxy) is 2. The van der Waals surface area contributed by atoms with E-state index >= 15 is 0 Å². The number of benzene rings is 1. The lowest BCUT2D eigenvalue weighted by Crippen LogP contribution is -2.52. The number of carbonyl (C=O) groups is 1. The minimum atomic E-state index is -4.87. The number of piperidine rings is 1. The van der Waals surface area contributed by atoms with Crippen molar-refractivity contribution in [1.29, 1.82) is 0 Å². The fraction of sp³-hybridized carbons (Fsp3) is 0.455. The van der Waals surface area contributed by atoms with E-state index in [-0.39, 0.29) is 30.4 Å². The topological polar surface area (TPSA) is 72.5 Å². The number of aromatic nitrogens is 1. The molecule has 2 N–H and O–H groups in total. The molecule has 168 valence electrons. The third-order valence-electron chi connectivity index (χ3n) is 5.17. The van der Waals surface area contributed by atoms with Crippen LogP contribution in [-0.4, -0.2) is 43.0 Å². The molecule has 0 aliphatic carbocycles. The Balaban J connectivity index is 1.65. The molecule has 1 fully saturated rings. The number of nitrogens with zero attached hydrogens (tertiary/aromatic N) is 1. The van der Waals surface area contributed by atoms with E-state index < -0.39 is 17.5 Å². The molecule has 9 heteroatoms. The number of alkyl halides is 3. The van der Waals surface area contributed by atoms with E-state index in [4.69, 9.17) is 4.74 Å². The van der Waals surface area contributed by atoms with Crippen molar-refractivity contribution in [2.75, 3.05) is 19.7 Å². The van der Waals surface area contributed by atoms with Crippen molar-refractivity contribution in [3.05, 3.63) is 54.2 Å². The lowest BCUT2D eigenvalue weighted by molar-refractivity contribution is -0.275. The van der Waals surface area contributed by atoms with E-state index in [0.717, 1.165) is 31.1 Å². The Kier molecular flexibility index (Phi) is 7.04. The Morgan fingerprint density at radius 3 is 2.65 bits per heavy atom. The number of halogens is 3. The Bertz CT molecular complexity index is 875. The minimum absolute atomic E-state index is 0.0607. The van der Waals surface area contributed by atoms with Crippen molar-refractivity contribution in [3.8, 4) is 11.6 Å². The average molecular weight is 437 g/mol. The molecular weight excluding hydrogens is 411 g/mol. The predicted molar refractivity (Wildman–Crippen MR) is 109 cm³/mol. The fourth-order valence-corrected chi connectivity index (χ4v) is 3.45. The van der Waals surface area contributed by atoms with Gasteiger partial charge >= 0.3 is 6.36 Å². The van der Waals surface area contributed by atoms with Gasteiger partial charge in [-0.05, 0) is 44.5 Å². The Morgan fingerprint density at radius 2 is 1.94 bits per heavy atom. The van der Waals surface area contributed by atoms with Gasteiger partial charge in [-0.25, -0.2) is 4.98 Å². The van der Waals surface area contributed by atoms with E-state index in [1.807, 2.05) is 30.3 Å². The summed E-state index contributed by atoms with van der Waals surface area (Å²) in [7, 11) is 0. The summed E-state index contributed by atoms with van der Waals surface area (Å²) in [6.45, 7) is 4.72. The highest BCUT2D eigenvalue weighted by Gasteiger charge is 2.36. The maximum atomic E-state index is 13.0. The summed E-state index contributed by atoms with van der Waals surface area (Å²) in [5.74, 6) is -0.980. The van der Waals surface area contributed by atoms with Crippen molar-refractivity contribution >= 4 is 5.91 Å². The summed E-state index contributed by atoms with van der Waals surface area (Å²) in [6.07, 6.45) is -2.80. The number of pyridine rings is 1. The molecule has 0 unspecified atom stereocenters. The van der Waals surface area contributed by atoms with Gasteiger partial charge in [-0.3, -0.25) is 4.79 Å². The summed E-state index contributed by atoms with van der Waals surface area (Å²) in [5.41, 5.74) is 0.135. The third-order valence-corrected chi connectivity index (χ3v) is 5.17. The first-order chi connectivity index (χ1) is 14.7. The quantitative estimate of drug-likeness (QED) is 0.692. The highest BCUT2D eigenvalue weighted by atomic mass is 19.4. The van der Waals surface area contributed by atoms with Gasteiger partial charge in [-0.15, -0.1) is 13.2 Å². The molecule has 3 rings (SSSR count). The zero-order chi connectivity index (χ0) is 22.5. The second-order valence-corrected chi connectivity index (χ2v) is 8.12. The number of nitrogens with one attached hydrogen (secondary N) is 2. The van der Waals surface area contributed by atoms with Gasteiger partial charge in [0.25, 0.3) is 5.88 Å². The van der Waals surface area contributed by atoms with E-state index in [1.165, 1.54) is 12.3 Å². The molecule has 2 aromatic rings. The summed E-state index contributed by atoms with van der Waals surface area (Å²) in [6, 6.07) is 12.3. The van der Waals surface area contributed by atoms with Crippen molar-refractivity contribution in [2.45, 2.75) is 38.6 Å². The summed E-state index contributed by atoms with van der Waals surface area (Å²) < 4.78 is 47.2. The number of carbonyl (C=O) groups excluding carboxylic acids is 1. The van der Waals surface area contributed by atoms with Crippen LogP contribution < -0.4 is 20.1 Å². The standard InChI is InChI=1S/C22H26F3N3O3/c1-21(2,14-30-19-18(9-6-11-27-19)31-22(23,24)25)20(29)28-17-10-12-26-13-16(17)15-7-4-3-5-8-15/h3-9,11,16-17,26H,10,12-14H2,1-2H3,(H,28,29)/t16-,17+/m0/s1. The van der Waals surface area contributed by atoms with Gasteiger partial charge in [0.2, 0.25) is 5.91 Å². The zero-order valence-electron chi connectivity index (χ0n) is 17.4. The molecule has 1 aromatic carbocycles. The second kappa shape index (κ2) is 9.55. The summed E-state index contributed by atoms with van der Waals surface area (Å²) >= 11 is 0. The van der Waals surface area contributed by atoms with Crippen molar-refractivity contribution in [2.24, 2.45) is 5.41 Å². The van der Waals surface area contributed by atoms with Crippen LogP contribution in [0.1, 0.15) is 31.7 Å². The van der Waals surface area contributed by atoms with E-state index in [1.54, 1.807) is 13.8 Å². The summed E-state index contributed by atoms with van der Waals surface area (Å²) in [5, 5.41) is 6.46. The lowest BCUT2D eigenvalue weighted by Gasteiger charge is -2.35. The average Bonchev–Trinajstić information content (AvgIpc) is 2.73. The third kappa shape index (κ3) is 6.33. The van der Waals surface area contributed by atoms with Crippen LogP contribution >= 0.6 is 0 Å². The van der Waals surface area contributed by atoms with Crippen LogP contribution in [0, 0.1) is 5.41 Å². The molecule has 1 aliphatic heterocycles. The predicted octanol–water partition coefficient (Wildman–Crippen LogP) is 3.65. The molecule has 6 nitrogen and oxygen atoms in total. The first-order valence-electron chi connectivity index (χ1n) is 10.1. The monoisotopic (exact) mass is 437 g/mol. The summed E-state index contributed by atoms with van der Waals surface area (Å²) in [4.78, 5) is 16.8. The van der Waals surface area contributed by atoms with Crippen LogP contribution in [0.2, 0.25) is 0 Å². The molecule has 1 saturated heterocycles. The molecule has 0 bridgehead atoms. The van der Waals surface area contributed by atoms with Crippen LogP contribution in [0.15, 0.2) is 48.7 Å². The van der Waals surface area contributed by atoms with Crippen molar-refractivity contribution in [3.63, 3.8) is 0 Å². The molecule has 0 spiro atoms. The van der Waals surface area contributed by atoms with Crippen LogP contribution in [0.5, 0.6) is 11.6 Å². The number of hydrogen-bond donors (Lipinski definition) is 2. The molecular formula is C22H26F3N3O3.